The quantitative estimate of drug-likeness (QED) is 0.745. The molecule has 0 spiro atoms. The van der Waals surface area contributed by atoms with Gasteiger partial charge in [-0.1, -0.05) is 5.16 Å². The molecule has 21 heavy (non-hydrogen) atoms. The lowest BCUT2D eigenvalue weighted by Gasteiger charge is -2.07. The molecule has 0 saturated heterocycles. The molecule has 7 nitrogen and oxygen atoms in total. The monoisotopic (exact) mass is 402 g/mol. The largest absolute Gasteiger partial charge is 0.478 e. The van der Waals surface area contributed by atoms with Crippen molar-refractivity contribution in [1.82, 2.24) is 5.16 Å². The number of carbonyl (C=O) groups excluding carboxylic acids is 1. The Hall–Kier alpha value is -1.94. The van der Waals surface area contributed by atoms with Crippen LogP contribution in [0.15, 0.2) is 28.8 Å². The minimum Gasteiger partial charge on any atom is -0.478 e. The molecule has 1 amide bonds. The molecular weight excluding hydrogens is 391 g/mol. The molecule has 0 aliphatic carbocycles. The van der Waals surface area contributed by atoms with Gasteiger partial charge in [-0.05, 0) is 40.8 Å². The second-order valence-corrected chi connectivity index (χ2v) is 5.31. The molecule has 0 aliphatic rings. The number of aromatic nitrogens is 1. The summed E-state index contributed by atoms with van der Waals surface area (Å²) in [5.74, 6) is -1.27. The molecule has 1 aromatic carbocycles. The molecule has 2 rings (SSSR count). The molecule has 1 heterocycles. The molecule has 0 aliphatic heterocycles. The molecule has 0 saturated carbocycles. The first-order valence-electron chi connectivity index (χ1n) is 5.80. The van der Waals surface area contributed by atoms with Crippen LogP contribution in [0.1, 0.15) is 26.6 Å². The minimum absolute atomic E-state index is 0.0101. The van der Waals surface area contributed by atoms with Gasteiger partial charge in [-0.25, -0.2) is 4.79 Å². The number of hydrogen-bond acceptors (Lipinski definition) is 5. The second-order valence-electron chi connectivity index (χ2n) is 4.06. The van der Waals surface area contributed by atoms with Crippen LogP contribution in [-0.2, 0) is 11.3 Å². The Morgan fingerprint density at radius 3 is 2.86 bits per heavy atom. The third-order valence-electron chi connectivity index (χ3n) is 2.54. The lowest BCUT2D eigenvalue weighted by Crippen LogP contribution is -2.15. The van der Waals surface area contributed by atoms with E-state index in [-0.39, 0.29) is 23.6 Å². The molecule has 0 fully saturated rings. The summed E-state index contributed by atoms with van der Waals surface area (Å²) in [4.78, 5) is 23.2. The number of hydrogen-bond donors (Lipinski definition) is 2. The van der Waals surface area contributed by atoms with E-state index in [0.717, 1.165) is 3.57 Å². The van der Waals surface area contributed by atoms with E-state index in [1.807, 2.05) is 22.6 Å². The van der Waals surface area contributed by atoms with Crippen LogP contribution < -0.4 is 5.32 Å². The van der Waals surface area contributed by atoms with Crippen molar-refractivity contribution >= 4 is 40.2 Å². The number of carboxylic acid groups (broad SMARTS) is 1. The van der Waals surface area contributed by atoms with Crippen LogP contribution in [0.5, 0.6) is 0 Å². The van der Waals surface area contributed by atoms with Gasteiger partial charge in [0.15, 0.2) is 11.5 Å². The number of aromatic carboxylic acids is 1. The highest BCUT2D eigenvalue weighted by atomic mass is 127. The summed E-state index contributed by atoms with van der Waals surface area (Å²) in [5.41, 5.74) is 0.261. The molecular formula is C13H11IN2O5. The van der Waals surface area contributed by atoms with Gasteiger partial charge >= 0.3 is 5.97 Å². The molecule has 0 bridgehead atoms. The van der Waals surface area contributed by atoms with Crippen molar-refractivity contribution in [2.24, 2.45) is 0 Å². The Labute approximate surface area is 133 Å². The summed E-state index contributed by atoms with van der Waals surface area (Å²) in [6, 6.07) is 6.13. The number of amides is 1. The van der Waals surface area contributed by atoms with Crippen molar-refractivity contribution in [3.8, 4) is 0 Å². The molecule has 8 heteroatoms. The Balaban J connectivity index is 2.20. The predicted octanol–water partition coefficient (Wildman–Crippen LogP) is 2.38. The van der Waals surface area contributed by atoms with E-state index in [2.05, 4.69) is 10.5 Å². The minimum atomic E-state index is -1.12. The highest BCUT2D eigenvalue weighted by molar-refractivity contribution is 14.1. The Morgan fingerprint density at radius 2 is 2.19 bits per heavy atom. The summed E-state index contributed by atoms with van der Waals surface area (Å²) in [6.07, 6.45) is 0. The normalized spacial score (nSPS) is 10.4. The lowest BCUT2D eigenvalue weighted by atomic mass is 10.1. The summed E-state index contributed by atoms with van der Waals surface area (Å²) in [6.45, 7) is 0.199. The van der Waals surface area contributed by atoms with Gasteiger partial charge in [0, 0.05) is 16.7 Å². The highest BCUT2D eigenvalue weighted by Gasteiger charge is 2.17. The standard InChI is InChI=1S/C13H11IN2O5/c1-20-6-8-5-11(16-21-8)12(17)15-10-3-2-7(14)4-9(10)13(18)19/h2-5H,6H2,1H3,(H,15,17)(H,18,19). The highest BCUT2D eigenvalue weighted by Crippen LogP contribution is 2.20. The van der Waals surface area contributed by atoms with Crippen LogP contribution in [0.4, 0.5) is 5.69 Å². The number of halogens is 1. The fourth-order valence-corrected chi connectivity index (χ4v) is 2.11. The number of benzene rings is 1. The van der Waals surface area contributed by atoms with Gasteiger partial charge in [0.2, 0.25) is 0 Å². The fraction of sp³-hybridized carbons (Fsp3) is 0.154. The van der Waals surface area contributed by atoms with Gasteiger partial charge in [0.1, 0.15) is 6.61 Å². The smallest absolute Gasteiger partial charge is 0.337 e. The Bertz CT molecular complexity index is 683. The van der Waals surface area contributed by atoms with Crippen LogP contribution in [0.25, 0.3) is 0 Å². The summed E-state index contributed by atoms with van der Waals surface area (Å²) >= 11 is 2.00. The number of methoxy groups -OCH3 is 1. The average Bonchev–Trinajstić information content (AvgIpc) is 2.89. The zero-order valence-corrected chi connectivity index (χ0v) is 13.1. The first-order valence-corrected chi connectivity index (χ1v) is 6.88. The van der Waals surface area contributed by atoms with E-state index in [1.54, 1.807) is 6.07 Å². The molecule has 2 N–H and O–H groups in total. The van der Waals surface area contributed by atoms with Crippen LogP contribution in [0, 0.1) is 3.57 Å². The zero-order chi connectivity index (χ0) is 15.4. The molecule has 2 aromatic rings. The number of nitrogens with zero attached hydrogens (tertiary/aromatic N) is 1. The topological polar surface area (TPSA) is 102 Å². The molecule has 0 atom stereocenters. The van der Waals surface area contributed by atoms with Crippen molar-refractivity contribution in [2.45, 2.75) is 6.61 Å². The fourth-order valence-electron chi connectivity index (χ4n) is 1.62. The van der Waals surface area contributed by atoms with E-state index in [9.17, 15) is 9.59 Å². The molecule has 1 aromatic heterocycles. The van der Waals surface area contributed by atoms with E-state index in [4.69, 9.17) is 14.4 Å². The first kappa shape index (κ1) is 15.4. The van der Waals surface area contributed by atoms with Gasteiger partial charge in [0.25, 0.3) is 5.91 Å². The third-order valence-corrected chi connectivity index (χ3v) is 3.21. The van der Waals surface area contributed by atoms with Crippen molar-refractivity contribution in [2.75, 3.05) is 12.4 Å². The Morgan fingerprint density at radius 1 is 1.43 bits per heavy atom. The second kappa shape index (κ2) is 6.68. The van der Waals surface area contributed by atoms with Gasteiger partial charge in [-0.2, -0.15) is 0 Å². The molecule has 0 unspecified atom stereocenters. The maximum atomic E-state index is 12.0. The average molecular weight is 402 g/mol. The maximum Gasteiger partial charge on any atom is 0.337 e. The number of rotatable bonds is 5. The molecule has 0 radical (unpaired) electrons. The number of ether oxygens (including phenoxy) is 1. The summed E-state index contributed by atoms with van der Waals surface area (Å²) in [5, 5.41) is 15.3. The van der Waals surface area contributed by atoms with Crippen molar-refractivity contribution in [1.29, 1.82) is 0 Å². The Kier molecular flexibility index (Phi) is 4.91. The van der Waals surface area contributed by atoms with Crippen LogP contribution in [0.3, 0.4) is 0 Å². The third kappa shape index (κ3) is 3.79. The van der Waals surface area contributed by atoms with Crippen molar-refractivity contribution in [3.05, 3.63) is 44.9 Å². The number of nitrogens with one attached hydrogen (secondary N) is 1. The van der Waals surface area contributed by atoms with Crippen molar-refractivity contribution in [3.63, 3.8) is 0 Å². The molecule has 110 valence electrons. The lowest BCUT2D eigenvalue weighted by molar-refractivity contribution is 0.0698. The van der Waals surface area contributed by atoms with Gasteiger partial charge in [0.05, 0.1) is 11.3 Å². The number of carbonyl (C=O) groups is 2. The van der Waals surface area contributed by atoms with E-state index >= 15 is 0 Å². The van der Waals surface area contributed by atoms with Gasteiger partial charge in [-0.3, -0.25) is 4.79 Å². The van der Waals surface area contributed by atoms with Gasteiger partial charge in [-0.15, -0.1) is 0 Å². The van der Waals surface area contributed by atoms with Crippen molar-refractivity contribution < 1.29 is 24.0 Å². The number of anilines is 1. The van der Waals surface area contributed by atoms with E-state index < -0.39 is 11.9 Å². The predicted molar refractivity (Wildman–Crippen MR) is 81.3 cm³/mol. The van der Waals surface area contributed by atoms with Crippen LogP contribution >= 0.6 is 22.6 Å². The summed E-state index contributed by atoms with van der Waals surface area (Å²) < 4.78 is 10.5. The maximum absolute atomic E-state index is 12.0. The van der Waals surface area contributed by atoms with Gasteiger partial charge < -0.3 is 19.7 Å². The van der Waals surface area contributed by atoms with Crippen LogP contribution in [-0.4, -0.2) is 29.2 Å². The van der Waals surface area contributed by atoms with Crippen LogP contribution in [0.2, 0.25) is 0 Å². The SMILES string of the molecule is COCc1cc(C(=O)Nc2ccc(I)cc2C(=O)O)no1. The first-order chi connectivity index (χ1) is 10.0. The summed E-state index contributed by atoms with van der Waals surface area (Å²) in [7, 11) is 1.49. The van der Waals surface area contributed by atoms with E-state index in [0.29, 0.717) is 5.76 Å². The zero-order valence-electron chi connectivity index (χ0n) is 10.9. The van der Waals surface area contributed by atoms with E-state index in [1.165, 1.54) is 25.3 Å². The number of carboxylic acids is 1.